The lowest BCUT2D eigenvalue weighted by Crippen LogP contribution is -2.48. The smallest absolute Gasteiger partial charge is 0.356 e. The summed E-state index contributed by atoms with van der Waals surface area (Å²) in [5.74, 6) is 0.446. The van der Waals surface area contributed by atoms with Crippen LogP contribution in [0, 0.1) is 6.92 Å². The highest BCUT2D eigenvalue weighted by Gasteiger charge is 2.26. The Morgan fingerprint density at radius 3 is 2.46 bits per heavy atom. The van der Waals surface area contributed by atoms with E-state index in [4.69, 9.17) is 0 Å². The third-order valence-corrected chi connectivity index (χ3v) is 4.51. The van der Waals surface area contributed by atoms with Gasteiger partial charge in [0.1, 0.15) is 0 Å². The second-order valence-electron chi connectivity index (χ2n) is 6.49. The van der Waals surface area contributed by atoms with E-state index in [1.54, 1.807) is 7.05 Å². The normalized spacial score (nSPS) is 16.9. The Morgan fingerprint density at radius 2 is 1.88 bits per heavy atom. The number of piperidine rings is 1. The Labute approximate surface area is 170 Å². The first-order chi connectivity index (χ1) is 11.9. The minimum atomic E-state index is -4.15. The number of hydrogen-bond donors (Lipinski definition) is 2. The van der Waals surface area contributed by atoms with Crippen LogP contribution in [-0.2, 0) is 6.54 Å². The van der Waals surface area contributed by atoms with E-state index in [9.17, 15) is 13.2 Å². The minimum Gasteiger partial charge on any atom is -0.356 e. The fourth-order valence-corrected chi connectivity index (χ4v) is 2.97. The number of nitrogens with one attached hydrogen (secondary N) is 2. The topological polar surface area (TPSA) is 39.7 Å². The molecule has 0 amide bonds. The third kappa shape index (κ3) is 8.11. The van der Waals surface area contributed by atoms with Gasteiger partial charge in [-0.1, -0.05) is 24.3 Å². The lowest BCUT2D eigenvalue weighted by atomic mass is 10.0. The second-order valence-corrected chi connectivity index (χ2v) is 6.49. The maximum atomic E-state index is 12.2. The molecule has 0 radical (unpaired) electrons. The maximum absolute atomic E-state index is 12.2. The average Bonchev–Trinajstić information content (AvgIpc) is 2.56. The number of halogens is 4. The van der Waals surface area contributed by atoms with Crippen LogP contribution in [0.3, 0.4) is 0 Å². The summed E-state index contributed by atoms with van der Waals surface area (Å²) in [6, 6.07) is 8.64. The van der Waals surface area contributed by atoms with E-state index in [1.165, 1.54) is 11.1 Å². The lowest BCUT2D eigenvalue weighted by Gasteiger charge is -2.33. The number of benzene rings is 1. The van der Waals surface area contributed by atoms with Gasteiger partial charge in [-0.3, -0.25) is 9.89 Å². The van der Waals surface area contributed by atoms with Gasteiger partial charge in [0, 0.05) is 39.3 Å². The number of nitrogens with zero attached hydrogens (tertiary/aromatic N) is 2. The average molecular weight is 484 g/mol. The molecule has 1 fully saturated rings. The molecule has 2 rings (SSSR count). The van der Waals surface area contributed by atoms with Crippen LogP contribution in [0.4, 0.5) is 13.2 Å². The van der Waals surface area contributed by atoms with E-state index in [1.807, 2.05) is 6.07 Å². The Bertz CT molecular complexity index is 570. The van der Waals surface area contributed by atoms with Crippen LogP contribution in [-0.4, -0.2) is 49.8 Å². The molecule has 1 aliphatic heterocycles. The number of alkyl halides is 3. The van der Waals surface area contributed by atoms with Gasteiger partial charge in [-0.15, -0.1) is 24.0 Å². The van der Waals surface area contributed by atoms with E-state index in [2.05, 4.69) is 45.6 Å². The number of aryl methyl sites for hydroxylation is 1. The van der Waals surface area contributed by atoms with Gasteiger partial charge in [0.25, 0.3) is 0 Å². The van der Waals surface area contributed by atoms with E-state index in [-0.39, 0.29) is 36.6 Å². The number of rotatable bonds is 5. The highest BCUT2D eigenvalue weighted by Crippen LogP contribution is 2.18. The molecule has 0 aliphatic carbocycles. The molecule has 4 nitrogen and oxygen atoms in total. The lowest BCUT2D eigenvalue weighted by molar-refractivity contribution is -0.132. The van der Waals surface area contributed by atoms with Gasteiger partial charge >= 0.3 is 6.18 Å². The van der Waals surface area contributed by atoms with Crippen molar-refractivity contribution in [2.75, 3.05) is 26.7 Å². The van der Waals surface area contributed by atoms with Gasteiger partial charge in [0.2, 0.25) is 0 Å². The first kappa shape index (κ1) is 23.0. The van der Waals surface area contributed by atoms with Crippen molar-refractivity contribution in [3.05, 3.63) is 35.4 Å². The SMILES string of the molecule is CN=C(NCCC(F)(F)F)NC1CCN(Cc2ccccc2C)CC1.I. The fraction of sp³-hybridized carbons (Fsp3) is 0.611. The molecular formula is C18H28F3IN4. The van der Waals surface area contributed by atoms with Gasteiger partial charge < -0.3 is 10.6 Å². The summed E-state index contributed by atoms with van der Waals surface area (Å²) in [5, 5.41) is 5.97. The molecule has 0 atom stereocenters. The Kier molecular flexibility index (Phi) is 9.70. The number of aliphatic imine (C=N–C) groups is 1. The maximum Gasteiger partial charge on any atom is 0.390 e. The summed E-state index contributed by atoms with van der Waals surface area (Å²) in [5.41, 5.74) is 2.65. The van der Waals surface area contributed by atoms with Gasteiger partial charge in [0.05, 0.1) is 6.42 Å². The van der Waals surface area contributed by atoms with Crippen molar-refractivity contribution in [3.8, 4) is 0 Å². The van der Waals surface area contributed by atoms with Crippen LogP contribution in [0.1, 0.15) is 30.4 Å². The highest BCUT2D eigenvalue weighted by atomic mass is 127. The molecule has 0 aromatic heterocycles. The first-order valence-corrected chi connectivity index (χ1v) is 8.68. The summed E-state index contributed by atoms with van der Waals surface area (Å²) in [6.45, 7) is 4.84. The molecular weight excluding hydrogens is 456 g/mol. The summed E-state index contributed by atoms with van der Waals surface area (Å²) < 4.78 is 36.6. The summed E-state index contributed by atoms with van der Waals surface area (Å²) in [4.78, 5) is 6.43. The van der Waals surface area contributed by atoms with Gasteiger partial charge in [-0.05, 0) is 30.9 Å². The van der Waals surface area contributed by atoms with Gasteiger partial charge in [-0.2, -0.15) is 13.2 Å². The Balaban J connectivity index is 0.00000338. The summed E-state index contributed by atoms with van der Waals surface area (Å²) in [6.07, 6.45) is -3.10. The number of likely N-dealkylation sites (tertiary alicyclic amines) is 1. The molecule has 0 unspecified atom stereocenters. The highest BCUT2D eigenvalue weighted by molar-refractivity contribution is 14.0. The molecule has 148 valence electrons. The zero-order chi connectivity index (χ0) is 18.3. The zero-order valence-electron chi connectivity index (χ0n) is 15.3. The molecule has 2 N–H and O–H groups in total. The van der Waals surface area contributed by atoms with E-state index < -0.39 is 12.6 Å². The number of hydrogen-bond acceptors (Lipinski definition) is 2. The molecule has 0 saturated carbocycles. The Hall–Kier alpha value is -1.03. The molecule has 1 heterocycles. The van der Waals surface area contributed by atoms with Crippen molar-refractivity contribution in [2.24, 2.45) is 4.99 Å². The standard InChI is InChI=1S/C18H27F3N4.HI/c1-14-5-3-4-6-15(14)13-25-11-7-16(8-12-25)24-17(22-2)23-10-9-18(19,20)21;/h3-6,16H,7-13H2,1-2H3,(H2,22,23,24);1H. The van der Waals surface area contributed by atoms with Crippen LogP contribution in [0.2, 0.25) is 0 Å². The zero-order valence-corrected chi connectivity index (χ0v) is 17.6. The first-order valence-electron chi connectivity index (χ1n) is 8.68. The van der Waals surface area contributed by atoms with Crippen LogP contribution >= 0.6 is 24.0 Å². The molecule has 1 aliphatic rings. The summed E-state index contributed by atoms with van der Waals surface area (Å²) in [7, 11) is 1.58. The minimum absolute atomic E-state index is 0. The molecule has 26 heavy (non-hydrogen) atoms. The van der Waals surface area contributed by atoms with E-state index in [0.29, 0.717) is 5.96 Å². The van der Waals surface area contributed by atoms with E-state index >= 15 is 0 Å². The van der Waals surface area contributed by atoms with E-state index in [0.717, 1.165) is 32.5 Å². The van der Waals surface area contributed by atoms with Crippen molar-refractivity contribution in [1.82, 2.24) is 15.5 Å². The molecule has 0 bridgehead atoms. The van der Waals surface area contributed by atoms with Crippen LogP contribution in [0.25, 0.3) is 0 Å². The van der Waals surface area contributed by atoms with Crippen molar-refractivity contribution >= 4 is 29.9 Å². The van der Waals surface area contributed by atoms with Crippen molar-refractivity contribution in [2.45, 2.75) is 44.9 Å². The van der Waals surface area contributed by atoms with Gasteiger partial charge in [-0.25, -0.2) is 0 Å². The van der Waals surface area contributed by atoms with Crippen molar-refractivity contribution < 1.29 is 13.2 Å². The predicted molar refractivity (Wildman–Crippen MR) is 110 cm³/mol. The molecule has 1 saturated heterocycles. The molecule has 0 spiro atoms. The van der Waals surface area contributed by atoms with Gasteiger partial charge in [0.15, 0.2) is 5.96 Å². The largest absolute Gasteiger partial charge is 0.390 e. The third-order valence-electron chi connectivity index (χ3n) is 4.51. The predicted octanol–water partition coefficient (Wildman–Crippen LogP) is 3.69. The van der Waals surface area contributed by atoms with Crippen molar-refractivity contribution in [3.63, 3.8) is 0 Å². The quantitative estimate of drug-likeness (QED) is 0.381. The number of guanidine groups is 1. The van der Waals surface area contributed by atoms with Crippen LogP contribution in [0.5, 0.6) is 0 Å². The van der Waals surface area contributed by atoms with Crippen LogP contribution in [0.15, 0.2) is 29.3 Å². The second kappa shape index (κ2) is 11.0. The fourth-order valence-electron chi connectivity index (χ4n) is 2.97. The molecule has 1 aromatic rings. The summed E-state index contributed by atoms with van der Waals surface area (Å²) >= 11 is 0. The molecule has 8 heteroatoms. The Morgan fingerprint density at radius 1 is 1.23 bits per heavy atom. The van der Waals surface area contributed by atoms with Crippen LogP contribution < -0.4 is 10.6 Å². The monoisotopic (exact) mass is 484 g/mol. The molecule has 1 aromatic carbocycles. The van der Waals surface area contributed by atoms with Crippen molar-refractivity contribution in [1.29, 1.82) is 0 Å².